The third-order valence-electron chi connectivity index (χ3n) is 5.86. The van der Waals surface area contributed by atoms with Gasteiger partial charge in [0.1, 0.15) is 5.75 Å². The van der Waals surface area contributed by atoms with Crippen molar-refractivity contribution in [2.45, 2.75) is 38.6 Å². The van der Waals surface area contributed by atoms with E-state index in [-0.39, 0.29) is 6.54 Å². The fourth-order valence-corrected chi connectivity index (χ4v) is 3.64. The van der Waals surface area contributed by atoms with Crippen LogP contribution < -0.4 is 9.64 Å². The average Bonchev–Trinajstić information content (AvgIpc) is 3.38. The van der Waals surface area contributed by atoms with Gasteiger partial charge in [0, 0.05) is 18.7 Å². The molecule has 198 valence electrons. The second-order valence-corrected chi connectivity index (χ2v) is 9.19. The Bertz CT molecular complexity index is 1350. The Morgan fingerprint density at radius 2 is 1.58 bits per heavy atom. The highest BCUT2D eigenvalue weighted by Gasteiger charge is 2.30. The first kappa shape index (κ1) is 26.7. The number of carboxylic acids is 1. The van der Waals surface area contributed by atoms with Crippen LogP contribution in [0.5, 0.6) is 5.75 Å². The number of halogens is 3. The molecule has 0 aliphatic rings. The molecule has 38 heavy (non-hydrogen) atoms. The predicted octanol–water partition coefficient (Wildman–Crippen LogP) is 6.25. The van der Waals surface area contributed by atoms with Crippen molar-refractivity contribution in [3.8, 4) is 17.2 Å². The van der Waals surface area contributed by atoms with Gasteiger partial charge in [-0.15, -0.1) is 0 Å². The third kappa shape index (κ3) is 6.70. The molecule has 4 rings (SSSR count). The molecule has 1 heterocycles. The Hall–Kier alpha value is -4.34. The van der Waals surface area contributed by atoms with Crippen molar-refractivity contribution in [3.05, 3.63) is 95.6 Å². The molecule has 7 nitrogen and oxygen atoms in total. The van der Waals surface area contributed by atoms with E-state index in [1.54, 1.807) is 12.1 Å². The summed E-state index contributed by atoms with van der Waals surface area (Å²) in [6.07, 6.45) is -3.86. The van der Waals surface area contributed by atoms with Crippen LogP contribution in [-0.2, 0) is 23.9 Å². The number of aliphatic carboxylic acids is 1. The number of nitrogens with zero attached hydrogens (tertiary/aromatic N) is 3. The standard InChI is InChI=1S/C28H26F3N3O4/c1-27(2,25(35)36)37-23-14-10-19(11-15-23)16-17-34(18-20-8-12-22(13-9-20)28(29,30)31)26-32-24(38-33-26)21-6-4-3-5-7-21/h3-15H,16-18H2,1-2H3,(H,35,36). The molecule has 0 aliphatic carbocycles. The molecule has 0 unspecified atom stereocenters. The Labute approximate surface area is 217 Å². The van der Waals surface area contributed by atoms with Crippen LogP contribution >= 0.6 is 0 Å². The first-order valence-corrected chi connectivity index (χ1v) is 11.8. The third-order valence-corrected chi connectivity index (χ3v) is 5.86. The number of alkyl halides is 3. The lowest BCUT2D eigenvalue weighted by Crippen LogP contribution is -2.37. The first-order chi connectivity index (χ1) is 18.0. The smallest absolute Gasteiger partial charge is 0.416 e. The lowest BCUT2D eigenvalue weighted by atomic mass is 10.1. The van der Waals surface area contributed by atoms with E-state index in [4.69, 9.17) is 9.26 Å². The lowest BCUT2D eigenvalue weighted by molar-refractivity contribution is -0.152. The van der Waals surface area contributed by atoms with Gasteiger partial charge in [0.05, 0.1) is 5.56 Å². The van der Waals surface area contributed by atoms with Crippen molar-refractivity contribution >= 4 is 11.9 Å². The van der Waals surface area contributed by atoms with E-state index in [0.29, 0.717) is 36.1 Å². The zero-order chi connectivity index (χ0) is 27.3. The van der Waals surface area contributed by atoms with Crippen LogP contribution in [0.25, 0.3) is 11.5 Å². The van der Waals surface area contributed by atoms with Crippen LogP contribution in [0.1, 0.15) is 30.5 Å². The second kappa shape index (κ2) is 11.0. The number of rotatable bonds is 10. The lowest BCUT2D eigenvalue weighted by Gasteiger charge is -2.22. The molecule has 10 heteroatoms. The minimum atomic E-state index is -4.41. The van der Waals surface area contributed by atoms with Gasteiger partial charge in [-0.1, -0.05) is 42.5 Å². The minimum absolute atomic E-state index is 0.264. The summed E-state index contributed by atoms with van der Waals surface area (Å²) in [7, 11) is 0. The fraction of sp³-hybridized carbons (Fsp3) is 0.250. The Morgan fingerprint density at radius 1 is 0.947 bits per heavy atom. The van der Waals surface area contributed by atoms with Crippen molar-refractivity contribution in [2.24, 2.45) is 0 Å². The van der Waals surface area contributed by atoms with Crippen LogP contribution in [0.3, 0.4) is 0 Å². The minimum Gasteiger partial charge on any atom is -0.478 e. The number of hydrogen-bond donors (Lipinski definition) is 1. The van der Waals surface area contributed by atoms with E-state index in [1.807, 2.05) is 47.4 Å². The van der Waals surface area contributed by atoms with Gasteiger partial charge in [0.2, 0.25) is 0 Å². The van der Waals surface area contributed by atoms with E-state index in [2.05, 4.69) is 10.1 Å². The Kier molecular flexibility index (Phi) is 7.70. The van der Waals surface area contributed by atoms with E-state index in [0.717, 1.165) is 23.3 Å². The van der Waals surface area contributed by atoms with Gasteiger partial charge in [-0.2, -0.15) is 18.2 Å². The van der Waals surface area contributed by atoms with Gasteiger partial charge in [-0.05, 0) is 73.0 Å². The predicted molar refractivity (Wildman–Crippen MR) is 135 cm³/mol. The maximum atomic E-state index is 13.0. The molecule has 0 saturated carbocycles. The summed E-state index contributed by atoms with van der Waals surface area (Å²) < 4.78 is 50.0. The number of anilines is 1. The monoisotopic (exact) mass is 525 g/mol. The average molecular weight is 526 g/mol. The molecule has 0 spiro atoms. The quantitative estimate of drug-likeness (QED) is 0.262. The molecule has 0 aliphatic heterocycles. The topological polar surface area (TPSA) is 88.7 Å². The number of ether oxygens (including phenoxy) is 1. The molecule has 4 aromatic rings. The zero-order valence-electron chi connectivity index (χ0n) is 20.8. The molecule has 0 amide bonds. The van der Waals surface area contributed by atoms with Crippen molar-refractivity contribution in [1.29, 1.82) is 0 Å². The highest BCUT2D eigenvalue weighted by atomic mass is 19.4. The molecule has 0 saturated heterocycles. The molecule has 3 aromatic carbocycles. The highest BCUT2D eigenvalue weighted by molar-refractivity contribution is 5.76. The maximum absolute atomic E-state index is 13.0. The summed E-state index contributed by atoms with van der Waals surface area (Å²) in [5, 5.41) is 13.4. The summed E-state index contributed by atoms with van der Waals surface area (Å²) in [5.41, 5.74) is 0.265. The fourth-order valence-electron chi connectivity index (χ4n) is 3.64. The number of carbonyl (C=O) groups is 1. The van der Waals surface area contributed by atoms with Crippen LogP contribution in [-0.4, -0.2) is 33.4 Å². The summed E-state index contributed by atoms with van der Waals surface area (Å²) in [5.74, 6) is -0.00335. The van der Waals surface area contributed by atoms with E-state index < -0.39 is 23.3 Å². The van der Waals surface area contributed by atoms with Crippen molar-refractivity contribution in [3.63, 3.8) is 0 Å². The zero-order valence-corrected chi connectivity index (χ0v) is 20.8. The van der Waals surface area contributed by atoms with Gasteiger partial charge in [-0.3, -0.25) is 0 Å². The molecule has 0 fully saturated rings. The molecule has 1 N–H and O–H groups in total. The van der Waals surface area contributed by atoms with Crippen molar-refractivity contribution in [2.75, 3.05) is 11.4 Å². The van der Waals surface area contributed by atoms with Crippen LogP contribution in [0.4, 0.5) is 19.1 Å². The summed E-state index contributed by atoms with van der Waals surface area (Å²) in [6, 6.07) is 21.3. The highest BCUT2D eigenvalue weighted by Crippen LogP contribution is 2.30. The van der Waals surface area contributed by atoms with Crippen LogP contribution in [0, 0.1) is 0 Å². The van der Waals surface area contributed by atoms with E-state index in [1.165, 1.54) is 26.0 Å². The number of benzene rings is 3. The largest absolute Gasteiger partial charge is 0.478 e. The van der Waals surface area contributed by atoms with Crippen molar-refractivity contribution in [1.82, 2.24) is 10.1 Å². The molecule has 0 atom stereocenters. The summed E-state index contributed by atoms with van der Waals surface area (Å²) in [4.78, 5) is 17.6. The summed E-state index contributed by atoms with van der Waals surface area (Å²) >= 11 is 0. The van der Waals surface area contributed by atoms with Crippen LogP contribution in [0.2, 0.25) is 0 Å². The molecule has 1 aromatic heterocycles. The number of hydrogen-bond acceptors (Lipinski definition) is 6. The van der Waals surface area contributed by atoms with Gasteiger partial charge in [0.15, 0.2) is 5.60 Å². The SMILES string of the molecule is CC(C)(Oc1ccc(CCN(Cc2ccc(C(F)(F)F)cc2)c2noc(-c3ccccc3)n2)cc1)C(=O)O. The molecule has 0 bridgehead atoms. The van der Waals surface area contributed by atoms with Gasteiger partial charge in [-0.25, -0.2) is 4.79 Å². The van der Waals surface area contributed by atoms with Crippen molar-refractivity contribution < 1.29 is 32.3 Å². The van der Waals surface area contributed by atoms with E-state index >= 15 is 0 Å². The van der Waals surface area contributed by atoms with Gasteiger partial charge >= 0.3 is 12.1 Å². The normalized spacial score (nSPS) is 11.8. The van der Waals surface area contributed by atoms with Gasteiger partial charge in [0.25, 0.3) is 11.8 Å². The molecular weight excluding hydrogens is 499 g/mol. The first-order valence-electron chi connectivity index (χ1n) is 11.8. The van der Waals surface area contributed by atoms with Crippen LogP contribution in [0.15, 0.2) is 83.4 Å². The number of aromatic nitrogens is 2. The number of carboxylic acid groups (broad SMARTS) is 1. The Morgan fingerprint density at radius 3 is 2.18 bits per heavy atom. The molecule has 0 radical (unpaired) electrons. The van der Waals surface area contributed by atoms with Gasteiger partial charge < -0.3 is 19.3 Å². The maximum Gasteiger partial charge on any atom is 0.416 e. The summed E-state index contributed by atoms with van der Waals surface area (Å²) in [6.45, 7) is 3.64. The second-order valence-electron chi connectivity index (χ2n) is 9.19. The van der Waals surface area contributed by atoms with E-state index in [9.17, 15) is 23.1 Å². The molecular formula is C28H26F3N3O4. The Balaban J connectivity index is 1.51.